The number of nitrogens with one attached hydrogen (secondary N) is 2. The molecule has 1 aromatic heterocycles. The number of H-pyrrole nitrogens is 1. The highest BCUT2D eigenvalue weighted by Crippen LogP contribution is 2.22. The zero-order valence-electron chi connectivity index (χ0n) is 15.0. The number of hydrogen-bond acceptors (Lipinski definition) is 4. The standard InChI is InChI=1S/C19H24N4O2.ClH/c1-13-2-4-14(5-3-13)25-15-7-10-23(11-8-15)19(24)18-16-12-20-9-6-17(16)21-22-18;/h2-5,15,20H,6-12H2,1H3,(H,21,22);1H. The second-order valence-corrected chi connectivity index (χ2v) is 6.88. The second kappa shape index (κ2) is 8.10. The number of rotatable bonds is 3. The van der Waals surface area contributed by atoms with Crippen LogP contribution in [0.4, 0.5) is 0 Å². The first-order valence-corrected chi connectivity index (χ1v) is 9.00. The van der Waals surface area contributed by atoms with Crippen LogP contribution in [0, 0.1) is 6.92 Å². The number of benzene rings is 1. The van der Waals surface area contributed by atoms with Gasteiger partial charge in [-0.15, -0.1) is 12.4 Å². The molecular weight excluding hydrogens is 352 g/mol. The summed E-state index contributed by atoms with van der Waals surface area (Å²) in [5.74, 6) is 0.942. The van der Waals surface area contributed by atoms with Crippen molar-refractivity contribution in [1.29, 1.82) is 0 Å². The van der Waals surface area contributed by atoms with Crippen LogP contribution in [0.1, 0.15) is 40.2 Å². The quantitative estimate of drug-likeness (QED) is 0.863. The molecular formula is C19H25ClN4O2. The summed E-state index contributed by atoms with van der Waals surface area (Å²) in [6.07, 6.45) is 2.78. The Morgan fingerprint density at radius 1 is 1.23 bits per heavy atom. The lowest BCUT2D eigenvalue weighted by atomic mass is 10.0. The predicted octanol–water partition coefficient (Wildman–Crippen LogP) is 2.47. The lowest BCUT2D eigenvalue weighted by molar-refractivity contribution is 0.0589. The highest BCUT2D eigenvalue weighted by molar-refractivity contribution is 5.94. The zero-order valence-corrected chi connectivity index (χ0v) is 15.8. The molecule has 0 atom stereocenters. The van der Waals surface area contributed by atoms with Crippen molar-refractivity contribution in [3.05, 3.63) is 46.8 Å². The summed E-state index contributed by atoms with van der Waals surface area (Å²) < 4.78 is 6.05. The van der Waals surface area contributed by atoms with Gasteiger partial charge in [0.25, 0.3) is 5.91 Å². The highest BCUT2D eigenvalue weighted by Gasteiger charge is 2.29. The summed E-state index contributed by atoms with van der Waals surface area (Å²) in [5.41, 5.74) is 3.94. The predicted molar refractivity (Wildman–Crippen MR) is 102 cm³/mol. The molecule has 2 aliphatic heterocycles. The number of aromatic amines is 1. The zero-order chi connectivity index (χ0) is 17.2. The number of piperidine rings is 1. The first-order chi connectivity index (χ1) is 12.2. The molecule has 2 aliphatic rings. The summed E-state index contributed by atoms with van der Waals surface area (Å²) in [6, 6.07) is 8.14. The molecule has 7 heteroatoms. The molecule has 3 heterocycles. The summed E-state index contributed by atoms with van der Waals surface area (Å²) in [7, 11) is 0. The minimum Gasteiger partial charge on any atom is -0.490 e. The van der Waals surface area contributed by atoms with E-state index in [1.54, 1.807) is 0 Å². The van der Waals surface area contributed by atoms with Gasteiger partial charge in [0.1, 0.15) is 11.9 Å². The summed E-state index contributed by atoms with van der Waals surface area (Å²) in [5, 5.41) is 10.6. The lowest BCUT2D eigenvalue weighted by Gasteiger charge is -2.32. The van der Waals surface area contributed by atoms with E-state index in [0.29, 0.717) is 18.8 Å². The number of hydrogen-bond donors (Lipinski definition) is 2. The average molecular weight is 377 g/mol. The minimum absolute atomic E-state index is 0. The molecule has 0 radical (unpaired) electrons. The Morgan fingerprint density at radius 2 is 1.96 bits per heavy atom. The Balaban J connectivity index is 0.00000196. The van der Waals surface area contributed by atoms with E-state index in [1.165, 1.54) is 5.56 Å². The second-order valence-electron chi connectivity index (χ2n) is 6.88. The van der Waals surface area contributed by atoms with Crippen LogP contribution in [0.5, 0.6) is 5.75 Å². The maximum atomic E-state index is 12.8. The lowest BCUT2D eigenvalue weighted by Crippen LogP contribution is -2.42. The Labute approximate surface area is 159 Å². The smallest absolute Gasteiger partial charge is 0.274 e. The van der Waals surface area contributed by atoms with Crippen molar-refractivity contribution in [2.75, 3.05) is 19.6 Å². The summed E-state index contributed by atoms with van der Waals surface area (Å²) >= 11 is 0. The third-order valence-corrected chi connectivity index (χ3v) is 5.06. The van der Waals surface area contributed by atoms with Crippen molar-refractivity contribution >= 4 is 18.3 Å². The molecule has 4 rings (SSSR count). The van der Waals surface area contributed by atoms with Gasteiger partial charge in [-0.2, -0.15) is 5.10 Å². The van der Waals surface area contributed by atoms with Crippen molar-refractivity contribution < 1.29 is 9.53 Å². The molecule has 26 heavy (non-hydrogen) atoms. The molecule has 0 unspecified atom stereocenters. The molecule has 2 N–H and O–H groups in total. The van der Waals surface area contributed by atoms with Crippen LogP contribution in [0.15, 0.2) is 24.3 Å². The van der Waals surface area contributed by atoms with Crippen molar-refractivity contribution in [1.82, 2.24) is 20.4 Å². The van der Waals surface area contributed by atoms with Crippen LogP contribution in [0.2, 0.25) is 0 Å². The van der Waals surface area contributed by atoms with E-state index in [2.05, 4.69) is 34.6 Å². The van der Waals surface area contributed by atoms with E-state index < -0.39 is 0 Å². The number of aromatic nitrogens is 2. The molecule has 0 saturated carbocycles. The van der Waals surface area contributed by atoms with Crippen LogP contribution in [0.25, 0.3) is 0 Å². The third-order valence-electron chi connectivity index (χ3n) is 5.06. The van der Waals surface area contributed by atoms with Crippen LogP contribution in [-0.2, 0) is 13.0 Å². The van der Waals surface area contributed by atoms with Crippen molar-refractivity contribution in [2.24, 2.45) is 0 Å². The number of carbonyl (C=O) groups excluding carboxylic acids is 1. The molecule has 1 aromatic carbocycles. The number of amides is 1. The first kappa shape index (κ1) is 18.7. The van der Waals surface area contributed by atoms with E-state index in [4.69, 9.17) is 4.74 Å². The van der Waals surface area contributed by atoms with Crippen LogP contribution < -0.4 is 10.1 Å². The number of nitrogens with zero attached hydrogens (tertiary/aromatic N) is 2. The fourth-order valence-corrected chi connectivity index (χ4v) is 3.54. The summed E-state index contributed by atoms with van der Waals surface area (Å²) in [6.45, 7) is 5.15. The molecule has 0 spiro atoms. The number of likely N-dealkylation sites (tertiary alicyclic amines) is 1. The minimum atomic E-state index is 0. The van der Waals surface area contributed by atoms with Gasteiger partial charge in [-0.3, -0.25) is 9.89 Å². The molecule has 6 nitrogen and oxygen atoms in total. The van der Waals surface area contributed by atoms with Crippen molar-refractivity contribution in [3.8, 4) is 5.75 Å². The molecule has 1 amide bonds. The van der Waals surface area contributed by atoms with E-state index in [-0.39, 0.29) is 24.4 Å². The number of fused-ring (bicyclic) bond motifs is 1. The van der Waals surface area contributed by atoms with Crippen LogP contribution in [0.3, 0.4) is 0 Å². The van der Waals surface area contributed by atoms with Gasteiger partial charge in [-0.25, -0.2) is 0 Å². The number of halogens is 1. The third kappa shape index (κ3) is 3.86. The van der Waals surface area contributed by atoms with E-state index in [1.807, 2.05) is 17.0 Å². The van der Waals surface area contributed by atoms with Crippen LogP contribution >= 0.6 is 12.4 Å². The SMILES string of the molecule is Cc1ccc(OC2CCN(C(=O)c3n[nH]c4c3CNCC4)CC2)cc1.Cl. The molecule has 0 aliphatic carbocycles. The van der Waals surface area contributed by atoms with Gasteiger partial charge >= 0.3 is 0 Å². The number of ether oxygens (including phenoxy) is 1. The van der Waals surface area contributed by atoms with Gasteiger partial charge in [0.15, 0.2) is 5.69 Å². The van der Waals surface area contributed by atoms with Gasteiger partial charge in [0.05, 0.1) is 0 Å². The van der Waals surface area contributed by atoms with Gasteiger partial charge in [0, 0.05) is 56.7 Å². The Morgan fingerprint density at radius 3 is 2.69 bits per heavy atom. The number of carbonyl (C=O) groups is 1. The fraction of sp³-hybridized carbons (Fsp3) is 0.474. The fourth-order valence-electron chi connectivity index (χ4n) is 3.54. The molecule has 1 saturated heterocycles. The van der Waals surface area contributed by atoms with Gasteiger partial charge < -0.3 is 15.0 Å². The molecule has 2 aromatic rings. The maximum absolute atomic E-state index is 12.8. The highest BCUT2D eigenvalue weighted by atomic mass is 35.5. The molecule has 140 valence electrons. The van der Waals surface area contributed by atoms with Crippen molar-refractivity contribution in [2.45, 2.75) is 38.8 Å². The molecule has 1 fully saturated rings. The topological polar surface area (TPSA) is 70.2 Å². The summed E-state index contributed by atoms with van der Waals surface area (Å²) in [4.78, 5) is 14.7. The average Bonchev–Trinajstić information content (AvgIpc) is 3.08. The van der Waals surface area contributed by atoms with E-state index in [9.17, 15) is 4.79 Å². The largest absolute Gasteiger partial charge is 0.490 e. The molecule has 0 bridgehead atoms. The monoisotopic (exact) mass is 376 g/mol. The number of aryl methyl sites for hydroxylation is 1. The van der Waals surface area contributed by atoms with Crippen molar-refractivity contribution in [3.63, 3.8) is 0 Å². The first-order valence-electron chi connectivity index (χ1n) is 9.00. The van der Waals surface area contributed by atoms with E-state index in [0.717, 1.165) is 49.4 Å². The normalized spacial score (nSPS) is 17.3. The Kier molecular flexibility index (Phi) is 5.84. The maximum Gasteiger partial charge on any atom is 0.274 e. The Hall–Kier alpha value is -2.05. The van der Waals surface area contributed by atoms with Gasteiger partial charge in [0.2, 0.25) is 0 Å². The van der Waals surface area contributed by atoms with Crippen LogP contribution in [-0.4, -0.2) is 46.7 Å². The Bertz CT molecular complexity index is 751. The van der Waals surface area contributed by atoms with E-state index >= 15 is 0 Å². The van der Waals surface area contributed by atoms with Gasteiger partial charge in [-0.1, -0.05) is 17.7 Å². The van der Waals surface area contributed by atoms with Gasteiger partial charge in [-0.05, 0) is 19.1 Å².